The fourth-order valence-electron chi connectivity index (χ4n) is 5.16. The number of nitrogens with zero attached hydrogens (tertiary/aromatic N) is 2. The second-order valence-corrected chi connectivity index (χ2v) is 11.0. The number of nitrogens with two attached hydrogens (primary N) is 2. The minimum atomic E-state index is -0.813. The van der Waals surface area contributed by atoms with Crippen molar-refractivity contribution >= 4 is 29.2 Å². The van der Waals surface area contributed by atoms with E-state index in [1.807, 2.05) is 0 Å². The molecule has 1 saturated heterocycles. The van der Waals surface area contributed by atoms with Crippen LogP contribution in [0.5, 0.6) is 23.0 Å². The minimum absolute atomic E-state index is 0.150. The third kappa shape index (κ3) is 7.70. The van der Waals surface area contributed by atoms with E-state index in [1.165, 1.54) is 47.5 Å². The molecule has 3 amide bonds. The van der Waals surface area contributed by atoms with Crippen LogP contribution in [0.15, 0.2) is 60.7 Å². The molecular formula is C31H36ClFN4O5. The summed E-state index contributed by atoms with van der Waals surface area (Å²) >= 11 is 6.35. The van der Waals surface area contributed by atoms with E-state index >= 15 is 0 Å². The number of carbonyl (C=O) groups is 2. The molecule has 5 N–H and O–H groups in total. The first kappa shape index (κ1) is 31.1. The summed E-state index contributed by atoms with van der Waals surface area (Å²) in [5.74, 6) is 0.520. The van der Waals surface area contributed by atoms with Crippen LogP contribution in [0.1, 0.15) is 56.3 Å². The predicted molar refractivity (Wildman–Crippen MR) is 159 cm³/mol. The maximum absolute atomic E-state index is 13.5. The molecule has 1 fully saturated rings. The lowest BCUT2D eigenvalue weighted by atomic mass is 9.81. The van der Waals surface area contributed by atoms with E-state index in [4.69, 9.17) is 32.5 Å². The first-order valence-corrected chi connectivity index (χ1v) is 14.3. The highest BCUT2D eigenvalue weighted by molar-refractivity contribution is 6.32. The molecule has 42 heavy (non-hydrogen) atoms. The van der Waals surface area contributed by atoms with Crippen LogP contribution < -0.4 is 25.9 Å². The molecule has 0 unspecified atom stereocenters. The number of anilines is 1. The van der Waals surface area contributed by atoms with Gasteiger partial charge in [0.05, 0.1) is 16.3 Å². The molecule has 9 nitrogen and oxygen atoms in total. The monoisotopic (exact) mass is 598 g/mol. The highest BCUT2D eigenvalue weighted by Gasteiger charge is 2.37. The summed E-state index contributed by atoms with van der Waals surface area (Å²) in [5.41, 5.74) is 11.0. The first-order chi connectivity index (χ1) is 20.0. The summed E-state index contributed by atoms with van der Waals surface area (Å²) < 4.78 is 25.5. The standard InChI is InChI=1S/C31H36ClFN4O5/c1-3-20(4-2)19-31(40)11-13-36(14-12-31)37(30(35)39)23-16-25(41-24-8-6-22(33)7-9-24)18-26(17-23)42-28-10-5-21(29(34)38)15-27(28)32/h5-10,15-18,20,40H,3-4,11-14,19H2,1-2H3,(H2,34,38)(H2,35,39). The molecule has 3 aromatic rings. The number of hydrogen-bond acceptors (Lipinski definition) is 6. The van der Waals surface area contributed by atoms with Crippen LogP contribution in [-0.2, 0) is 0 Å². The molecule has 3 aromatic carbocycles. The molecule has 0 aliphatic carbocycles. The molecule has 224 valence electrons. The van der Waals surface area contributed by atoms with Gasteiger partial charge in [-0.05, 0) is 67.6 Å². The number of piperidine rings is 1. The smallest absolute Gasteiger partial charge is 0.334 e. The fraction of sp³-hybridized carbons (Fsp3) is 0.355. The van der Waals surface area contributed by atoms with Gasteiger partial charge in [-0.1, -0.05) is 38.3 Å². The van der Waals surface area contributed by atoms with Crippen molar-refractivity contribution in [1.29, 1.82) is 0 Å². The zero-order valence-electron chi connectivity index (χ0n) is 23.7. The number of amides is 3. The van der Waals surface area contributed by atoms with Crippen molar-refractivity contribution in [2.24, 2.45) is 17.4 Å². The Morgan fingerprint density at radius 1 is 0.976 bits per heavy atom. The second-order valence-electron chi connectivity index (χ2n) is 10.5. The number of ether oxygens (including phenoxy) is 2. The van der Waals surface area contributed by atoms with E-state index < -0.39 is 23.4 Å². The highest BCUT2D eigenvalue weighted by Crippen LogP contribution is 2.38. The number of primary amides is 2. The Kier molecular flexibility index (Phi) is 9.93. The number of urea groups is 1. The number of hydrogen-bond donors (Lipinski definition) is 3. The largest absolute Gasteiger partial charge is 0.457 e. The van der Waals surface area contributed by atoms with Gasteiger partial charge in [0.15, 0.2) is 0 Å². The van der Waals surface area contributed by atoms with Gasteiger partial charge in [0.1, 0.15) is 28.8 Å². The minimum Gasteiger partial charge on any atom is -0.457 e. The Morgan fingerprint density at radius 2 is 1.60 bits per heavy atom. The average molecular weight is 599 g/mol. The molecule has 0 bridgehead atoms. The van der Waals surface area contributed by atoms with Gasteiger partial charge < -0.3 is 26.0 Å². The van der Waals surface area contributed by atoms with Crippen LogP contribution in [0.25, 0.3) is 0 Å². The lowest BCUT2D eigenvalue weighted by Crippen LogP contribution is -2.56. The Bertz CT molecular complexity index is 1410. The van der Waals surface area contributed by atoms with E-state index in [1.54, 1.807) is 23.2 Å². The maximum atomic E-state index is 13.5. The fourth-order valence-corrected chi connectivity index (χ4v) is 5.38. The summed E-state index contributed by atoms with van der Waals surface area (Å²) in [6.45, 7) is 5.06. The molecule has 1 heterocycles. The van der Waals surface area contributed by atoms with Crippen molar-refractivity contribution in [3.05, 3.63) is 77.1 Å². The molecule has 0 saturated carbocycles. The SMILES string of the molecule is CCC(CC)CC1(O)CCN(N(C(N)=O)c2cc(Oc3ccc(F)cc3)cc(Oc3ccc(C(N)=O)cc3Cl)c2)CC1. The Labute approximate surface area is 249 Å². The van der Waals surface area contributed by atoms with Crippen molar-refractivity contribution in [1.82, 2.24) is 5.01 Å². The van der Waals surface area contributed by atoms with Crippen molar-refractivity contribution < 1.29 is 28.6 Å². The maximum Gasteiger partial charge on any atom is 0.334 e. The molecule has 0 radical (unpaired) electrons. The van der Waals surface area contributed by atoms with Gasteiger partial charge in [-0.25, -0.2) is 19.2 Å². The Balaban J connectivity index is 1.65. The van der Waals surface area contributed by atoms with Crippen LogP contribution in [0.2, 0.25) is 5.02 Å². The number of rotatable bonds is 11. The van der Waals surface area contributed by atoms with Gasteiger partial charge in [0.2, 0.25) is 5.91 Å². The summed E-state index contributed by atoms with van der Waals surface area (Å²) in [6, 6.07) is 13.9. The van der Waals surface area contributed by atoms with E-state index in [2.05, 4.69) is 13.8 Å². The molecular weight excluding hydrogens is 563 g/mol. The lowest BCUT2D eigenvalue weighted by Gasteiger charge is -2.43. The van der Waals surface area contributed by atoms with Crippen LogP contribution in [0.3, 0.4) is 0 Å². The summed E-state index contributed by atoms with van der Waals surface area (Å²) in [7, 11) is 0. The number of hydrazine groups is 1. The second kappa shape index (κ2) is 13.4. The normalized spacial score (nSPS) is 14.9. The summed E-state index contributed by atoms with van der Waals surface area (Å²) in [5, 5.41) is 14.5. The third-order valence-electron chi connectivity index (χ3n) is 7.59. The number of carbonyl (C=O) groups excluding carboxylic acids is 2. The summed E-state index contributed by atoms with van der Waals surface area (Å²) in [6.07, 6.45) is 3.65. The van der Waals surface area contributed by atoms with Gasteiger partial charge in [0.25, 0.3) is 0 Å². The van der Waals surface area contributed by atoms with Gasteiger partial charge in [-0.2, -0.15) is 0 Å². The van der Waals surface area contributed by atoms with Gasteiger partial charge >= 0.3 is 6.03 Å². The number of aliphatic hydroxyl groups is 1. The molecule has 1 aliphatic rings. The lowest BCUT2D eigenvalue weighted by molar-refractivity contribution is -0.0401. The van der Waals surface area contributed by atoms with E-state index in [0.717, 1.165) is 12.8 Å². The number of halogens is 2. The van der Waals surface area contributed by atoms with E-state index in [9.17, 15) is 19.1 Å². The third-order valence-corrected chi connectivity index (χ3v) is 7.88. The van der Waals surface area contributed by atoms with Crippen molar-refractivity contribution in [3.8, 4) is 23.0 Å². The quantitative estimate of drug-likeness (QED) is 0.227. The highest BCUT2D eigenvalue weighted by atomic mass is 35.5. The molecule has 0 spiro atoms. The molecule has 4 rings (SSSR count). The van der Waals surface area contributed by atoms with Crippen molar-refractivity contribution in [3.63, 3.8) is 0 Å². The molecule has 0 aromatic heterocycles. The van der Waals surface area contributed by atoms with Crippen LogP contribution in [0, 0.1) is 11.7 Å². The molecule has 11 heteroatoms. The predicted octanol–water partition coefficient (Wildman–Crippen LogP) is 6.62. The molecule has 0 atom stereocenters. The van der Waals surface area contributed by atoms with Crippen LogP contribution in [-0.4, -0.2) is 40.7 Å². The van der Waals surface area contributed by atoms with E-state index in [-0.39, 0.29) is 27.8 Å². The van der Waals surface area contributed by atoms with E-state index in [0.29, 0.717) is 49.7 Å². The van der Waals surface area contributed by atoms with Crippen LogP contribution >= 0.6 is 11.6 Å². The van der Waals surface area contributed by atoms with Crippen molar-refractivity contribution in [2.45, 2.75) is 51.6 Å². The molecule has 1 aliphatic heterocycles. The zero-order valence-corrected chi connectivity index (χ0v) is 24.4. The van der Waals surface area contributed by atoms with Crippen molar-refractivity contribution in [2.75, 3.05) is 18.1 Å². The summed E-state index contributed by atoms with van der Waals surface area (Å²) in [4.78, 5) is 24.4. The average Bonchev–Trinajstić information content (AvgIpc) is 2.95. The van der Waals surface area contributed by atoms with Gasteiger partial charge in [0, 0.05) is 36.9 Å². The zero-order chi connectivity index (χ0) is 30.4. The Hall–Kier alpha value is -3.86. The van der Waals surface area contributed by atoms with Crippen LogP contribution in [0.4, 0.5) is 14.9 Å². The first-order valence-electron chi connectivity index (χ1n) is 13.9. The Morgan fingerprint density at radius 3 is 2.14 bits per heavy atom. The van der Waals surface area contributed by atoms with Gasteiger partial charge in [-0.15, -0.1) is 0 Å². The topological polar surface area (TPSA) is 131 Å². The number of benzene rings is 3. The van der Waals surface area contributed by atoms with Gasteiger partial charge in [-0.3, -0.25) is 4.79 Å².